The monoisotopic (exact) mass is 282 g/mol. The van der Waals surface area contributed by atoms with Crippen LogP contribution in [0.25, 0.3) is 6.08 Å². The molecule has 3 rings (SSSR count). The van der Waals surface area contributed by atoms with Gasteiger partial charge in [0.2, 0.25) is 0 Å². The summed E-state index contributed by atoms with van der Waals surface area (Å²) < 4.78 is 0. The molecular formula is C21H30. The van der Waals surface area contributed by atoms with Crippen LogP contribution in [-0.4, -0.2) is 0 Å². The zero-order valence-corrected chi connectivity index (χ0v) is 13.5. The van der Waals surface area contributed by atoms with Crippen LogP contribution in [0.1, 0.15) is 86.5 Å². The van der Waals surface area contributed by atoms with Crippen LogP contribution in [0, 0.1) is 0 Å². The van der Waals surface area contributed by atoms with E-state index in [0.717, 1.165) is 6.42 Å². The zero-order valence-electron chi connectivity index (χ0n) is 13.5. The zero-order chi connectivity index (χ0) is 14.3. The van der Waals surface area contributed by atoms with Crippen molar-refractivity contribution >= 4 is 6.08 Å². The lowest BCUT2D eigenvalue weighted by Crippen LogP contribution is -2.01. The minimum atomic E-state index is 1.16. The van der Waals surface area contributed by atoms with Crippen molar-refractivity contribution in [3.8, 4) is 0 Å². The summed E-state index contributed by atoms with van der Waals surface area (Å²) in [7, 11) is 0. The van der Waals surface area contributed by atoms with E-state index in [4.69, 9.17) is 0 Å². The van der Waals surface area contributed by atoms with Crippen LogP contribution in [0.4, 0.5) is 0 Å². The van der Waals surface area contributed by atoms with Crippen LogP contribution < -0.4 is 0 Å². The van der Waals surface area contributed by atoms with Crippen molar-refractivity contribution in [3.05, 3.63) is 40.5 Å². The van der Waals surface area contributed by atoms with E-state index in [1.807, 2.05) is 0 Å². The number of fused-ring (bicyclic) bond motifs is 3. The third-order valence-corrected chi connectivity index (χ3v) is 5.29. The highest BCUT2D eigenvalue weighted by molar-refractivity contribution is 5.65. The molecule has 0 heteroatoms. The van der Waals surface area contributed by atoms with Gasteiger partial charge in [0, 0.05) is 0 Å². The third-order valence-electron chi connectivity index (χ3n) is 5.29. The number of benzene rings is 1. The van der Waals surface area contributed by atoms with Crippen molar-refractivity contribution < 1.29 is 0 Å². The summed E-state index contributed by atoms with van der Waals surface area (Å²) >= 11 is 0. The second-order valence-electron chi connectivity index (χ2n) is 6.92. The second-order valence-corrected chi connectivity index (χ2v) is 6.92. The molecule has 21 heavy (non-hydrogen) atoms. The van der Waals surface area contributed by atoms with Crippen molar-refractivity contribution in [2.75, 3.05) is 0 Å². The van der Waals surface area contributed by atoms with Gasteiger partial charge in [-0.15, -0.1) is 0 Å². The molecule has 0 saturated carbocycles. The van der Waals surface area contributed by atoms with Gasteiger partial charge < -0.3 is 0 Å². The smallest absolute Gasteiger partial charge is 0.00881 e. The van der Waals surface area contributed by atoms with Crippen LogP contribution in [0.15, 0.2) is 18.2 Å². The maximum Gasteiger partial charge on any atom is -0.00881 e. The van der Waals surface area contributed by atoms with Crippen LogP contribution >= 0.6 is 0 Å². The van der Waals surface area contributed by atoms with E-state index in [0.29, 0.717) is 0 Å². The molecule has 1 aromatic carbocycles. The summed E-state index contributed by atoms with van der Waals surface area (Å²) in [4.78, 5) is 0. The van der Waals surface area contributed by atoms with Gasteiger partial charge in [0.05, 0.1) is 0 Å². The lowest BCUT2D eigenvalue weighted by atomic mass is 9.90. The maximum absolute atomic E-state index is 2.44. The lowest BCUT2D eigenvalue weighted by molar-refractivity contribution is 0.546. The van der Waals surface area contributed by atoms with Crippen molar-refractivity contribution in [2.45, 2.75) is 83.5 Å². The number of hydrogen-bond acceptors (Lipinski definition) is 0. The molecule has 0 aliphatic heterocycles. The van der Waals surface area contributed by atoms with Gasteiger partial charge in [-0.05, 0) is 54.4 Å². The Morgan fingerprint density at radius 2 is 1.14 bits per heavy atom. The number of rotatable bonds is 0. The Hall–Kier alpha value is -1.04. The fourth-order valence-electron chi connectivity index (χ4n) is 4.01. The molecule has 0 bridgehead atoms. The minimum Gasteiger partial charge on any atom is -0.0795 e. The lowest BCUT2D eigenvalue weighted by Gasteiger charge is -2.15. The fourth-order valence-corrected chi connectivity index (χ4v) is 4.01. The Balaban J connectivity index is 1.74. The molecule has 0 spiro atoms. The minimum absolute atomic E-state index is 1.16. The van der Waals surface area contributed by atoms with Gasteiger partial charge in [0.25, 0.3) is 0 Å². The van der Waals surface area contributed by atoms with Crippen molar-refractivity contribution in [3.63, 3.8) is 0 Å². The van der Waals surface area contributed by atoms with E-state index in [1.54, 1.807) is 22.3 Å². The molecule has 114 valence electrons. The standard InChI is InChI=1S/C21H30/c1-2-4-6-8-10-14-20-18(12-9-7-5-3-1)16-17-19-13-11-15-21(19)20/h11,15-17H,1-10,12-14H2. The third kappa shape index (κ3) is 3.99. The molecule has 0 heterocycles. The summed E-state index contributed by atoms with van der Waals surface area (Å²) in [6.45, 7) is 0. The van der Waals surface area contributed by atoms with Gasteiger partial charge in [-0.1, -0.05) is 75.7 Å². The summed E-state index contributed by atoms with van der Waals surface area (Å²) in [6.07, 6.45) is 22.9. The SMILES string of the molecule is C1=Cc2c(ccc3c2CCCCCCCCCCCC3)C1. The highest BCUT2D eigenvalue weighted by atomic mass is 14.2. The normalized spacial score (nSPS) is 20.6. The molecule has 0 aromatic heterocycles. The summed E-state index contributed by atoms with van der Waals surface area (Å²) in [5, 5.41) is 0. The van der Waals surface area contributed by atoms with E-state index in [2.05, 4.69) is 24.3 Å². The van der Waals surface area contributed by atoms with Crippen molar-refractivity contribution in [1.82, 2.24) is 0 Å². The topological polar surface area (TPSA) is 0 Å². The van der Waals surface area contributed by atoms with Gasteiger partial charge in [0.1, 0.15) is 0 Å². The second kappa shape index (κ2) is 7.82. The first-order valence-electron chi connectivity index (χ1n) is 9.25. The van der Waals surface area contributed by atoms with Gasteiger partial charge in [-0.2, -0.15) is 0 Å². The van der Waals surface area contributed by atoms with Crippen molar-refractivity contribution in [2.24, 2.45) is 0 Å². The van der Waals surface area contributed by atoms with Crippen molar-refractivity contribution in [1.29, 1.82) is 0 Å². The summed E-state index contributed by atoms with van der Waals surface area (Å²) in [5.74, 6) is 0. The quantitative estimate of drug-likeness (QED) is 0.527. The number of hydrogen-bond donors (Lipinski definition) is 0. The predicted molar refractivity (Wildman–Crippen MR) is 92.8 cm³/mol. The van der Waals surface area contributed by atoms with Crippen LogP contribution in [0.5, 0.6) is 0 Å². The maximum atomic E-state index is 2.44. The molecule has 2 aliphatic carbocycles. The van der Waals surface area contributed by atoms with Gasteiger partial charge in [-0.25, -0.2) is 0 Å². The molecule has 0 fully saturated rings. The van der Waals surface area contributed by atoms with Gasteiger partial charge >= 0.3 is 0 Å². The highest BCUT2D eigenvalue weighted by Crippen LogP contribution is 2.29. The molecule has 0 nitrogen and oxygen atoms in total. The Morgan fingerprint density at radius 1 is 0.571 bits per heavy atom. The molecule has 1 aromatic rings. The molecule has 0 radical (unpaired) electrons. The Labute approximate surface area is 130 Å². The molecule has 0 saturated heterocycles. The predicted octanol–water partition coefficient (Wildman–Crippen LogP) is 6.26. The van der Waals surface area contributed by atoms with E-state index in [-0.39, 0.29) is 0 Å². The van der Waals surface area contributed by atoms with Gasteiger partial charge in [0.15, 0.2) is 0 Å². The van der Waals surface area contributed by atoms with E-state index in [1.165, 1.54) is 77.0 Å². The first-order valence-corrected chi connectivity index (χ1v) is 9.25. The molecule has 0 amide bonds. The fraction of sp³-hybridized carbons (Fsp3) is 0.619. The average Bonchev–Trinajstić information content (AvgIpc) is 2.97. The summed E-state index contributed by atoms with van der Waals surface area (Å²) in [6, 6.07) is 4.82. The van der Waals surface area contributed by atoms with Crippen LogP contribution in [0.2, 0.25) is 0 Å². The van der Waals surface area contributed by atoms with E-state index in [9.17, 15) is 0 Å². The summed E-state index contributed by atoms with van der Waals surface area (Å²) in [5.41, 5.74) is 6.49. The van der Waals surface area contributed by atoms with Crippen LogP contribution in [-0.2, 0) is 19.3 Å². The first kappa shape index (κ1) is 14.9. The Kier molecular flexibility index (Phi) is 5.54. The Morgan fingerprint density at radius 3 is 1.86 bits per heavy atom. The largest absolute Gasteiger partial charge is 0.0795 e. The average molecular weight is 282 g/mol. The number of aryl methyl sites for hydroxylation is 1. The Bertz CT molecular complexity index is 481. The molecule has 0 atom stereocenters. The van der Waals surface area contributed by atoms with E-state index >= 15 is 0 Å². The van der Waals surface area contributed by atoms with Gasteiger partial charge in [-0.3, -0.25) is 0 Å². The first-order chi connectivity index (χ1) is 10.4. The van der Waals surface area contributed by atoms with Crippen LogP contribution in [0.3, 0.4) is 0 Å². The highest BCUT2D eigenvalue weighted by Gasteiger charge is 2.13. The molecular weight excluding hydrogens is 252 g/mol. The van der Waals surface area contributed by atoms with E-state index < -0.39 is 0 Å². The molecule has 0 N–H and O–H groups in total. The molecule has 0 unspecified atom stereocenters. The number of allylic oxidation sites excluding steroid dienone is 1. The molecule has 2 aliphatic rings.